The van der Waals surface area contributed by atoms with Gasteiger partial charge in [-0.15, -0.1) is 0 Å². The molecule has 1 aromatic carbocycles. The first-order valence-electron chi connectivity index (χ1n) is 7.07. The topological polar surface area (TPSA) is 42.2 Å². The van der Waals surface area contributed by atoms with Crippen LogP contribution in [0.2, 0.25) is 0 Å². The fourth-order valence-electron chi connectivity index (χ4n) is 2.18. The Hall–Kier alpha value is -1.77. The van der Waals surface area contributed by atoms with E-state index < -0.39 is 0 Å². The predicted octanol–water partition coefficient (Wildman–Crippen LogP) is 4.13. The molecule has 0 aliphatic heterocycles. The SMILES string of the molecule is CCCCCCCNC(=O)c1occ2ccccc12. The first kappa shape index (κ1) is 13.7. The summed E-state index contributed by atoms with van der Waals surface area (Å²) in [7, 11) is 0. The van der Waals surface area contributed by atoms with Crippen LogP contribution in [0.3, 0.4) is 0 Å². The molecule has 0 saturated carbocycles. The lowest BCUT2D eigenvalue weighted by Crippen LogP contribution is -2.24. The maximum atomic E-state index is 12.0. The number of rotatable bonds is 7. The number of furan rings is 1. The summed E-state index contributed by atoms with van der Waals surface area (Å²) in [4.78, 5) is 12.0. The largest absolute Gasteiger partial charge is 0.458 e. The first-order valence-corrected chi connectivity index (χ1v) is 7.07. The molecule has 0 spiro atoms. The summed E-state index contributed by atoms with van der Waals surface area (Å²) >= 11 is 0. The van der Waals surface area contributed by atoms with E-state index in [0.717, 1.165) is 23.7 Å². The van der Waals surface area contributed by atoms with Gasteiger partial charge in [0.25, 0.3) is 5.91 Å². The number of carbonyl (C=O) groups is 1. The van der Waals surface area contributed by atoms with Crippen molar-refractivity contribution in [3.8, 4) is 0 Å². The van der Waals surface area contributed by atoms with Gasteiger partial charge >= 0.3 is 0 Å². The summed E-state index contributed by atoms with van der Waals surface area (Å²) in [6.45, 7) is 2.92. The van der Waals surface area contributed by atoms with Crippen LogP contribution in [0.25, 0.3) is 10.8 Å². The van der Waals surface area contributed by atoms with Crippen LogP contribution in [0.15, 0.2) is 34.9 Å². The number of amides is 1. The van der Waals surface area contributed by atoms with Gasteiger partial charge in [0.05, 0.1) is 6.26 Å². The Morgan fingerprint density at radius 3 is 2.79 bits per heavy atom. The molecule has 0 atom stereocenters. The monoisotopic (exact) mass is 259 g/mol. The van der Waals surface area contributed by atoms with Crippen molar-refractivity contribution in [2.45, 2.75) is 39.0 Å². The van der Waals surface area contributed by atoms with Crippen LogP contribution in [-0.4, -0.2) is 12.5 Å². The number of hydrogen-bond acceptors (Lipinski definition) is 2. The molecule has 2 aromatic rings. The van der Waals surface area contributed by atoms with Gasteiger partial charge in [0.1, 0.15) is 0 Å². The molecule has 0 unspecified atom stereocenters. The highest BCUT2D eigenvalue weighted by molar-refractivity contribution is 6.04. The van der Waals surface area contributed by atoms with Gasteiger partial charge in [-0.2, -0.15) is 0 Å². The lowest BCUT2D eigenvalue weighted by Gasteiger charge is -2.03. The number of unbranched alkanes of at least 4 members (excludes halogenated alkanes) is 4. The van der Waals surface area contributed by atoms with Crippen molar-refractivity contribution in [1.29, 1.82) is 0 Å². The van der Waals surface area contributed by atoms with E-state index in [1.807, 2.05) is 24.3 Å². The van der Waals surface area contributed by atoms with Crippen LogP contribution in [0, 0.1) is 0 Å². The van der Waals surface area contributed by atoms with Gasteiger partial charge in [0.15, 0.2) is 5.76 Å². The van der Waals surface area contributed by atoms with Gasteiger partial charge in [0, 0.05) is 17.3 Å². The molecule has 0 aliphatic rings. The Kier molecular flexibility index (Phi) is 5.01. The molecule has 0 saturated heterocycles. The molecule has 2 rings (SSSR count). The fourth-order valence-corrected chi connectivity index (χ4v) is 2.18. The lowest BCUT2D eigenvalue weighted by molar-refractivity contribution is 0.0927. The van der Waals surface area contributed by atoms with Crippen molar-refractivity contribution in [1.82, 2.24) is 5.32 Å². The van der Waals surface area contributed by atoms with E-state index in [1.54, 1.807) is 6.26 Å². The van der Waals surface area contributed by atoms with Gasteiger partial charge in [0.2, 0.25) is 0 Å². The zero-order chi connectivity index (χ0) is 13.5. The Bertz CT molecular complexity index is 530. The summed E-state index contributed by atoms with van der Waals surface area (Å²) in [5, 5.41) is 4.77. The third kappa shape index (κ3) is 3.60. The molecule has 0 fully saturated rings. The second-order valence-electron chi connectivity index (χ2n) is 4.82. The maximum Gasteiger partial charge on any atom is 0.287 e. The van der Waals surface area contributed by atoms with E-state index in [1.165, 1.54) is 25.7 Å². The number of benzene rings is 1. The highest BCUT2D eigenvalue weighted by atomic mass is 16.3. The Morgan fingerprint density at radius 2 is 1.95 bits per heavy atom. The van der Waals surface area contributed by atoms with Crippen molar-refractivity contribution >= 4 is 16.7 Å². The summed E-state index contributed by atoms with van der Waals surface area (Å²) in [5.41, 5.74) is 0. The maximum absolute atomic E-state index is 12.0. The number of carbonyl (C=O) groups excluding carboxylic acids is 1. The van der Waals surface area contributed by atoms with Gasteiger partial charge in [-0.25, -0.2) is 0 Å². The van der Waals surface area contributed by atoms with E-state index in [0.29, 0.717) is 5.76 Å². The summed E-state index contributed by atoms with van der Waals surface area (Å²) in [6, 6.07) is 7.71. The van der Waals surface area contributed by atoms with E-state index in [2.05, 4.69) is 12.2 Å². The highest BCUT2D eigenvalue weighted by Gasteiger charge is 2.13. The minimum atomic E-state index is -0.114. The van der Waals surface area contributed by atoms with Crippen molar-refractivity contribution in [3.05, 3.63) is 36.3 Å². The minimum absolute atomic E-state index is 0.114. The quantitative estimate of drug-likeness (QED) is 0.759. The van der Waals surface area contributed by atoms with Gasteiger partial charge in [-0.05, 0) is 6.42 Å². The summed E-state index contributed by atoms with van der Waals surface area (Å²) in [6.07, 6.45) is 7.60. The third-order valence-corrected chi connectivity index (χ3v) is 3.28. The first-order chi connectivity index (χ1) is 9.33. The van der Waals surface area contributed by atoms with Gasteiger partial charge in [-0.1, -0.05) is 56.9 Å². The minimum Gasteiger partial charge on any atom is -0.458 e. The van der Waals surface area contributed by atoms with Crippen LogP contribution in [0.4, 0.5) is 0 Å². The van der Waals surface area contributed by atoms with E-state index in [-0.39, 0.29) is 5.91 Å². The molecular formula is C16H21NO2. The van der Waals surface area contributed by atoms with E-state index >= 15 is 0 Å². The molecule has 1 N–H and O–H groups in total. The second-order valence-corrected chi connectivity index (χ2v) is 4.82. The highest BCUT2D eigenvalue weighted by Crippen LogP contribution is 2.20. The summed E-state index contributed by atoms with van der Waals surface area (Å²) in [5.74, 6) is 0.306. The van der Waals surface area contributed by atoms with Crippen LogP contribution in [0.5, 0.6) is 0 Å². The van der Waals surface area contributed by atoms with E-state index in [4.69, 9.17) is 4.42 Å². The molecule has 1 heterocycles. The molecule has 0 aliphatic carbocycles. The Morgan fingerprint density at radius 1 is 1.16 bits per heavy atom. The molecule has 1 aromatic heterocycles. The van der Waals surface area contributed by atoms with Crippen LogP contribution < -0.4 is 5.32 Å². The predicted molar refractivity (Wildman–Crippen MR) is 77.3 cm³/mol. The van der Waals surface area contributed by atoms with E-state index in [9.17, 15) is 4.79 Å². The van der Waals surface area contributed by atoms with Crippen molar-refractivity contribution in [2.24, 2.45) is 0 Å². The van der Waals surface area contributed by atoms with Crippen molar-refractivity contribution in [3.63, 3.8) is 0 Å². The molecule has 3 nitrogen and oxygen atoms in total. The zero-order valence-electron chi connectivity index (χ0n) is 11.4. The molecule has 19 heavy (non-hydrogen) atoms. The number of fused-ring (bicyclic) bond motifs is 1. The standard InChI is InChI=1S/C16H21NO2/c1-2-3-4-5-8-11-17-16(18)15-14-10-7-6-9-13(14)12-19-15/h6-7,9-10,12H,2-5,8,11H2,1H3,(H,17,18). The second kappa shape index (κ2) is 6.98. The molecule has 1 amide bonds. The van der Waals surface area contributed by atoms with Crippen molar-refractivity contribution < 1.29 is 9.21 Å². The molecule has 102 valence electrons. The van der Waals surface area contributed by atoms with Gasteiger partial charge in [-0.3, -0.25) is 4.79 Å². The Balaban J connectivity index is 1.83. The van der Waals surface area contributed by atoms with Crippen LogP contribution >= 0.6 is 0 Å². The zero-order valence-corrected chi connectivity index (χ0v) is 11.4. The average molecular weight is 259 g/mol. The molecular weight excluding hydrogens is 238 g/mol. The third-order valence-electron chi connectivity index (χ3n) is 3.28. The van der Waals surface area contributed by atoms with Gasteiger partial charge < -0.3 is 9.73 Å². The average Bonchev–Trinajstić information content (AvgIpc) is 2.86. The number of hydrogen-bond donors (Lipinski definition) is 1. The van der Waals surface area contributed by atoms with Crippen LogP contribution in [-0.2, 0) is 0 Å². The fraction of sp³-hybridized carbons (Fsp3) is 0.438. The molecule has 3 heteroatoms. The normalized spacial score (nSPS) is 10.8. The smallest absolute Gasteiger partial charge is 0.287 e. The van der Waals surface area contributed by atoms with Crippen LogP contribution in [0.1, 0.15) is 49.6 Å². The number of nitrogens with one attached hydrogen (secondary N) is 1. The Labute approximate surface area is 114 Å². The molecule has 0 radical (unpaired) electrons. The van der Waals surface area contributed by atoms with Crippen molar-refractivity contribution in [2.75, 3.05) is 6.54 Å². The lowest BCUT2D eigenvalue weighted by atomic mass is 10.1. The summed E-state index contributed by atoms with van der Waals surface area (Å²) < 4.78 is 5.36. The molecule has 0 bridgehead atoms.